The van der Waals surface area contributed by atoms with Crippen LogP contribution >= 0.6 is 11.3 Å². The predicted molar refractivity (Wildman–Crippen MR) is 111 cm³/mol. The number of benzene rings is 1. The van der Waals surface area contributed by atoms with E-state index in [4.69, 9.17) is 4.74 Å². The van der Waals surface area contributed by atoms with Crippen molar-refractivity contribution in [2.45, 2.75) is 26.6 Å². The lowest BCUT2D eigenvalue weighted by molar-refractivity contribution is 0.293. The van der Waals surface area contributed by atoms with Crippen LogP contribution in [-0.4, -0.2) is 18.0 Å². The number of nitrogens with zero attached hydrogens (tertiary/aromatic N) is 2. The van der Waals surface area contributed by atoms with Gasteiger partial charge >= 0.3 is 0 Å². The molecule has 3 aromatic rings. The summed E-state index contributed by atoms with van der Waals surface area (Å²) in [7, 11) is 1.77. The van der Waals surface area contributed by atoms with E-state index in [-0.39, 0.29) is 0 Å². The van der Waals surface area contributed by atoms with Crippen molar-refractivity contribution in [2.75, 3.05) is 7.05 Å². The molecule has 0 unspecified atom stereocenters. The number of pyridine rings is 1. The standard InChI is InChI=1S/C21H24N4OS/c1-16-8-9-19(27-16)14-25-21(22-2)24-13-18-10-11-23-20(12-18)26-15-17-6-4-3-5-7-17/h3-12H,13-15H2,1-2H3,(H2,22,24,25). The molecule has 0 aliphatic heterocycles. The molecule has 0 bridgehead atoms. The molecular formula is C21H24N4OS. The molecule has 2 aromatic heterocycles. The summed E-state index contributed by atoms with van der Waals surface area (Å²) >= 11 is 1.79. The van der Waals surface area contributed by atoms with Crippen LogP contribution < -0.4 is 15.4 Å². The Morgan fingerprint density at radius 1 is 1.04 bits per heavy atom. The second kappa shape index (κ2) is 9.73. The molecule has 5 nitrogen and oxygen atoms in total. The molecule has 3 rings (SSSR count). The van der Waals surface area contributed by atoms with Crippen LogP contribution in [-0.2, 0) is 19.7 Å². The van der Waals surface area contributed by atoms with Gasteiger partial charge in [-0.1, -0.05) is 30.3 Å². The second-order valence-electron chi connectivity index (χ2n) is 6.07. The van der Waals surface area contributed by atoms with Gasteiger partial charge in [0.15, 0.2) is 5.96 Å². The first-order valence-electron chi connectivity index (χ1n) is 8.84. The number of hydrogen-bond donors (Lipinski definition) is 2. The van der Waals surface area contributed by atoms with E-state index in [1.807, 2.05) is 42.5 Å². The smallest absolute Gasteiger partial charge is 0.213 e. The van der Waals surface area contributed by atoms with Crippen molar-refractivity contribution in [1.82, 2.24) is 15.6 Å². The fraction of sp³-hybridized carbons (Fsp3) is 0.238. The van der Waals surface area contributed by atoms with Crippen LogP contribution in [0.15, 0.2) is 65.8 Å². The Morgan fingerprint density at radius 3 is 2.59 bits per heavy atom. The first-order valence-corrected chi connectivity index (χ1v) is 9.66. The molecular weight excluding hydrogens is 356 g/mol. The molecule has 0 spiro atoms. The van der Waals surface area contributed by atoms with Crippen LogP contribution in [0.25, 0.3) is 0 Å². The van der Waals surface area contributed by atoms with Crippen molar-refractivity contribution in [3.8, 4) is 5.88 Å². The molecule has 0 aliphatic carbocycles. The minimum absolute atomic E-state index is 0.508. The normalized spacial score (nSPS) is 11.3. The lowest BCUT2D eigenvalue weighted by Gasteiger charge is -2.12. The summed E-state index contributed by atoms with van der Waals surface area (Å²) in [6.07, 6.45) is 1.77. The van der Waals surface area contributed by atoms with Gasteiger partial charge in [0.05, 0.1) is 6.54 Å². The average Bonchev–Trinajstić information content (AvgIpc) is 3.13. The van der Waals surface area contributed by atoms with E-state index < -0.39 is 0 Å². The molecule has 6 heteroatoms. The highest BCUT2D eigenvalue weighted by Crippen LogP contribution is 2.14. The Labute approximate surface area is 164 Å². The number of guanidine groups is 1. The van der Waals surface area contributed by atoms with E-state index in [1.54, 1.807) is 24.6 Å². The highest BCUT2D eigenvalue weighted by atomic mass is 32.1. The van der Waals surface area contributed by atoms with Gasteiger partial charge in [0, 0.05) is 35.6 Å². The molecule has 0 radical (unpaired) electrons. The molecule has 2 N–H and O–H groups in total. The van der Waals surface area contributed by atoms with Crippen molar-refractivity contribution in [3.63, 3.8) is 0 Å². The Hall–Kier alpha value is -2.86. The minimum Gasteiger partial charge on any atom is -0.473 e. The summed E-state index contributed by atoms with van der Waals surface area (Å²) in [5, 5.41) is 6.66. The highest BCUT2D eigenvalue weighted by molar-refractivity contribution is 7.11. The van der Waals surface area contributed by atoms with Crippen molar-refractivity contribution in [2.24, 2.45) is 4.99 Å². The Kier molecular flexibility index (Phi) is 6.82. The summed E-state index contributed by atoms with van der Waals surface area (Å²) in [5.74, 6) is 1.39. The van der Waals surface area contributed by atoms with Crippen LogP contribution in [0.2, 0.25) is 0 Å². The third kappa shape index (κ3) is 6.11. The SMILES string of the molecule is CN=C(NCc1ccnc(OCc2ccccc2)c1)NCc1ccc(C)s1. The van der Waals surface area contributed by atoms with Gasteiger partial charge in [0.25, 0.3) is 0 Å². The third-order valence-corrected chi connectivity index (χ3v) is 4.94. The summed E-state index contributed by atoms with van der Waals surface area (Å²) in [4.78, 5) is 11.2. The molecule has 27 heavy (non-hydrogen) atoms. The van der Waals surface area contributed by atoms with Gasteiger partial charge in [-0.25, -0.2) is 4.98 Å². The first kappa shape index (κ1) is 18.9. The first-order chi connectivity index (χ1) is 13.2. The predicted octanol–water partition coefficient (Wildman–Crippen LogP) is 3.90. The average molecular weight is 381 g/mol. The van der Waals surface area contributed by atoms with Crippen molar-refractivity contribution < 1.29 is 4.74 Å². The van der Waals surface area contributed by atoms with E-state index in [9.17, 15) is 0 Å². The van der Waals surface area contributed by atoms with Gasteiger partial charge in [0.2, 0.25) is 5.88 Å². The quantitative estimate of drug-likeness (QED) is 0.482. The molecule has 0 fully saturated rings. The van der Waals surface area contributed by atoms with E-state index in [0.29, 0.717) is 19.0 Å². The number of hydrogen-bond acceptors (Lipinski definition) is 4. The van der Waals surface area contributed by atoms with E-state index in [2.05, 4.69) is 39.7 Å². The lowest BCUT2D eigenvalue weighted by Crippen LogP contribution is -2.36. The van der Waals surface area contributed by atoms with Crippen LogP contribution in [0.4, 0.5) is 0 Å². The Bertz CT molecular complexity index is 877. The molecule has 0 saturated carbocycles. The molecule has 0 amide bonds. The zero-order valence-electron chi connectivity index (χ0n) is 15.6. The van der Waals surface area contributed by atoms with Crippen LogP contribution in [0, 0.1) is 6.92 Å². The number of thiophene rings is 1. The van der Waals surface area contributed by atoms with E-state index in [0.717, 1.165) is 23.6 Å². The van der Waals surface area contributed by atoms with Crippen molar-refractivity contribution in [3.05, 3.63) is 81.7 Å². The molecule has 2 heterocycles. The van der Waals surface area contributed by atoms with Crippen molar-refractivity contribution >= 4 is 17.3 Å². The Balaban J connectivity index is 1.49. The molecule has 1 aromatic carbocycles. The second-order valence-corrected chi connectivity index (χ2v) is 7.44. The number of aryl methyl sites for hydroxylation is 1. The van der Waals surface area contributed by atoms with Gasteiger partial charge in [-0.15, -0.1) is 11.3 Å². The van der Waals surface area contributed by atoms with Gasteiger partial charge < -0.3 is 15.4 Å². The summed E-state index contributed by atoms with van der Waals surface area (Å²) in [5.41, 5.74) is 2.21. The summed E-state index contributed by atoms with van der Waals surface area (Å²) < 4.78 is 5.79. The third-order valence-electron chi connectivity index (χ3n) is 3.94. The monoisotopic (exact) mass is 380 g/mol. The van der Waals surface area contributed by atoms with Crippen LogP contribution in [0.3, 0.4) is 0 Å². The van der Waals surface area contributed by atoms with E-state index in [1.165, 1.54) is 9.75 Å². The molecule has 140 valence electrons. The van der Waals surface area contributed by atoms with Gasteiger partial charge in [-0.3, -0.25) is 4.99 Å². The number of ether oxygens (including phenoxy) is 1. The molecule has 0 aliphatic rings. The summed E-state index contributed by atoms with van der Waals surface area (Å²) in [6, 6.07) is 18.3. The zero-order chi connectivity index (χ0) is 18.9. The highest BCUT2D eigenvalue weighted by Gasteiger charge is 2.03. The molecule has 0 saturated heterocycles. The molecule has 0 atom stereocenters. The zero-order valence-corrected chi connectivity index (χ0v) is 16.4. The van der Waals surface area contributed by atoms with Crippen LogP contribution in [0.1, 0.15) is 20.9 Å². The number of nitrogens with one attached hydrogen (secondary N) is 2. The fourth-order valence-electron chi connectivity index (χ4n) is 2.53. The van der Waals surface area contributed by atoms with Gasteiger partial charge in [0.1, 0.15) is 6.61 Å². The van der Waals surface area contributed by atoms with Gasteiger partial charge in [-0.05, 0) is 36.2 Å². The number of aromatic nitrogens is 1. The maximum absolute atomic E-state index is 5.79. The summed E-state index contributed by atoms with van der Waals surface area (Å²) in [6.45, 7) is 4.03. The maximum atomic E-state index is 5.79. The topological polar surface area (TPSA) is 58.5 Å². The number of aliphatic imine (C=N–C) groups is 1. The maximum Gasteiger partial charge on any atom is 0.213 e. The minimum atomic E-state index is 0.508. The fourth-order valence-corrected chi connectivity index (χ4v) is 3.36. The van der Waals surface area contributed by atoms with Crippen molar-refractivity contribution in [1.29, 1.82) is 0 Å². The Morgan fingerprint density at radius 2 is 1.85 bits per heavy atom. The largest absolute Gasteiger partial charge is 0.473 e. The van der Waals surface area contributed by atoms with Crippen LogP contribution in [0.5, 0.6) is 5.88 Å². The van der Waals surface area contributed by atoms with E-state index >= 15 is 0 Å². The van der Waals surface area contributed by atoms with Gasteiger partial charge in [-0.2, -0.15) is 0 Å². The number of rotatable bonds is 7. The lowest BCUT2D eigenvalue weighted by atomic mass is 10.2.